The molecule has 1 fully saturated rings. The molecule has 3 atom stereocenters. The molecule has 1 aliphatic heterocycles. The Labute approximate surface area is 212 Å². The normalized spacial score (nSPS) is 16.0. The monoisotopic (exact) mass is 500 g/mol. The van der Waals surface area contributed by atoms with Gasteiger partial charge in [-0.1, -0.05) is 30.3 Å². The lowest BCUT2D eigenvalue weighted by atomic mass is 9.95. The zero-order valence-electron chi connectivity index (χ0n) is 19.8. The second kappa shape index (κ2) is 11.8. The number of rotatable bonds is 10. The van der Waals surface area contributed by atoms with E-state index in [2.05, 4.69) is 20.9 Å². The van der Waals surface area contributed by atoms with Gasteiger partial charge in [0.25, 0.3) is 5.91 Å². The first-order valence-electron chi connectivity index (χ1n) is 11.8. The van der Waals surface area contributed by atoms with Crippen LogP contribution in [0.5, 0.6) is 0 Å². The third-order valence-electron chi connectivity index (χ3n) is 6.35. The van der Waals surface area contributed by atoms with Crippen molar-refractivity contribution in [1.29, 1.82) is 0 Å². The number of H-pyrrole nitrogens is 1. The molecule has 1 aromatic heterocycles. The van der Waals surface area contributed by atoms with Crippen molar-refractivity contribution in [1.82, 2.24) is 20.9 Å². The fourth-order valence-electron chi connectivity index (χ4n) is 4.52. The van der Waals surface area contributed by atoms with Crippen molar-refractivity contribution in [3.63, 3.8) is 0 Å². The van der Waals surface area contributed by atoms with E-state index in [4.69, 9.17) is 0 Å². The highest BCUT2D eigenvalue weighted by Crippen LogP contribution is 2.23. The van der Waals surface area contributed by atoms with Crippen molar-refractivity contribution in [2.45, 2.75) is 31.3 Å². The molecule has 2 aromatic carbocycles. The van der Waals surface area contributed by atoms with Crippen molar-refractivity contribution >= 4 is 34.6 Å². The highest BCUT2D eigenvalue weighted by atomic mass is 19.1. The maximum atomic E-state index is 13.6. The molecule has 3 aromatic rings. The van der Waals surface area contributed by atoms with Crippen LogP contribution in [-0.2, 0) is 20.8 Å². The van der Waals surface area contributed by atoms with Crippen LogP contribution >= 0.6 is 0 Å². The Morgan fingerprint density at radius 1 is 1.11 bits per heavy atom. The number of fused-ring (bicyclic) bond motifs is 1. The molecule has 8 nitrogen and oxygen atoms in total. The van der Waals surface area contributed by atoms with Gasteiger partial charge in [0.1, 0.15) is 35.0 Å². The number of benzene rings is 2. The van der Waals surface area contributed by atoms with E-state index in [9.17, 15) is 23.6 Å². The standard InChI is InChI=1S/C28H25FN4O4/c29-21-7-6-19-14-25(32-23(19)15-21)28(37)33-24(12-18-4-2-1-3-5-18)27(17-36)31-22(9-11-34)13-20-8-10-30-26(20)16-35/h1-7,9,14-15,20,22,24,30-32H,8,10,12-13H2,(H,33,37)/t20-,22+,24-/m0/s1. The van der Waals surface area contributed by atoms with Crippen LogP contribution in [0.3, 0.4) is 0 Å². The van der Waals surface area contributed by atoms with Crippen LogP contribution in [0.4, 0.5) is 4.39 Å². The molecular formula is C28H25FN4O4. The van der Waals surface area contributed by atoms with Crippen molar-refractivity contribution in [3.05, 3.63) is 89.1 Å². The Kier molecular flexibility index (Phi) is 8.14. The minimum absolute atomic E-state index is 0.0402. The molecule has 1 saturated heterocycles. The van der Waals surface area contributed by atoms with Gasteiger partial charge in [-0.15, -0.1) is 0 Å². The minimum atomic E-state index is -0.819. The number of aromatic amines is 1. The summed E-state index contributed by atoms with van der Waals surface area (Å²) in [6.45, 7) is 0.615. The van der Waals surface area contributed by atoms with Gasteiger partial charge in [0.05, 0.1) is 17.8 Å². The summed E-state index contributed by atoms with van der Waals surface area (Å²) in [5.74, 6) is 4.42. The van der Waals surface area contributed by atoms with Crippen LogP contribution in [0.25, 0.3) is 10.9 Å². The molecular weight excluding hydrogens is 475 g/mol. The Hall–Kier alpha value is -4.67. The van der Waals surface area contributed by atoms with Gasteiger partial charge in [0, 0.05) is 29.4 Å². The van der Waals surface area contributed by atoms with E-state index >= 15 is 0 Å². The van der Waals surface area contributed by atoms with E-state index < -0.39 is 23.8 Å². The highest BCUT2D eigenvalue weighted by molar-refractivity contribution is 5.98. The summed E-state index contributed by atoms with van der Waals surface area (Å²) in [6, 6.07) is 13.6. The first kappa shape index (κ1) is 25.4. The van der Waals surface area contributed by atoms with Crippen LogP contribution in [0.1, 0.15) is 28.9 Å². The SMILES string of the molecule is O=C=C[C@H](C[C@@H]1CCNC1=C=O)NC(=C=O)[C@H](Cc1ccccc1)NC(=O)c1cc2ccc(F)cc2[nH]1. The number of carbonyl (C=O) groups is 1. The highest BCUT2D eigenvalue weighted by Gasteiger charge is 2.27. The molecule has 0 radical (unpaired) electrons. The fraction of sp³-hybridized carbons (Fsp3) is 0.250. The average Bonchev–Trinajstić information content (AvgIpc) is 3.53. The van der Waals surface area contributed by atoms with Gasteiger partial charge in [-0.2, -0.15) is 0 Å². The zero-order valence-corrected chi connectivity index (χ0v) is 19.8. The van der Waals surface area contributed by atoms with Crippen LogP contribution in [0.2, 0.25) is 0 Å². The Balaban J connectivity index is 1.58. The van der Waals surface area contributed by atoms with Crippen LogP contribution in [0.15, 0.2) is 72.1 Å². The van der Waals surface area contributed by atoms with Crippen molar-refractivity contribution in [3.8, 4) is 0 Å². The summed E-state index contributed by atoms with van der Waals surface area (Å²) >= 11 is 0. The van der Waals surface area contributed by atoms with Gasteiger partial charge in [0.15, 0.2) is 0 Å². The van der Waals surface area contributed by atoms with Gasteiger partial charge in [-0.3, -0.25) is 4.79 Å². The number of carbonyl (C=O) groups excluding carboxylic acids is 4. The fourth-order valence-corrected chi connectivity index (χ4v) is 4.52. The Bertz CT molecular complexity index is 1430. The predicted octanol–water partition coefficient (Wildman–Crippen LogP) is 2.42. The third-order valence-corrected chi connectivity index (χ3v) is 6.35. The molecule has 188 valence electrons. The maximum absolute atomic E-state index is 13.6. The molecule has 1 amide bonds. The Morgan fingerprint density at radius 3 is 2.65 bits per heavy atom. The second-order valence-corrected chi connectivity index (χ2v) is 8.85. The number of halogens is 1. The summed E-state index contributed by atoms with van der Waals surface area (Å²) in [4.78, 5) is 50.6. The van der Waals surface area contributed by atoms with E-state index in [1.807, 2.05) is 42.2 Å². The Morgan fingerprint density at radius 2 is 1.92 bits per heavy atom. The molecule has 1 aliphatic rings. The second-order valence-electron chi connectivity index (χ2n) is 8.85. The summed E-state index contributed by atoms with van der Waals surface area (Å²) in [6.07, 6.45) is 2.53. The zero-order chi connectivity index (χ0) is 26.2. The van der Waals surface area contributed by atoms with Gasteiger partial charge in [-0.25, -0.2) is 18.8 Å². The van der Waals surface area contributed by atoms with E-state index in [0.29, 0.717) is 36.0 Å². The molecule has 4 rings (SSSR count). The van der Waals surface area contributed by atoms with Gasteiger partial charge < -0.3 is 20.9 Å². The minimum Gasteiger partial charge on any atom is -0.379 e. The van der Waals surface area contributed by atoms with E-state index in [-0.39, 0.29) is 23.7 Å². The van der Waals surface area contributed by atoms with E-state index in [1.54, 1.807) is 18.1 Å². The van der Waals surface area contributed by atoms with Crippen LogP contribution in [-0.4, -0.2) is 47.3 Å². The van der Waals surface area contributed by atoms with E-state index in [0.717, 1.165) is 5.56 Å². The molecule has 0 saturated carbocycles. The largest absolute Gasteiger partial charge is 0.379 e. The van der Waals surface area contributed by atoms with Crippen LogP contribution < -0.4 is 16.0 Å². The van der Waals surface area contributed by atoms with Gasteiger partial charge >= 0.3 is 0 Å². The van der Waals surface area contributed by atoms with Crippen molar-refractivity contribution in [2.24, 2.45) is 5.92 Å². The molecule has 4 N–H and O–H groups in total. The first-order valence-corrected chi connectivity index (χ1v) is 11.8. The summed E-state index contributed by atoms with van der Waals surface area (Å²) in [5, 5.41) is 9.50. The number of allylic oxidation sites excluding steroid dienone is 1. The summed E-state index contributed by atoms with van der Waals surface area (Å²) in [5.41, 5.74) is 1.99. The number of nitrogens with one attached hydrogen (secondary N) is 4. The van der Waals surface area contributed by atoms with Gasteiger partial charge in [-0.05, 0) is 49.1 Å². The number of aromatic nitrogens is 1. The van der Waals surface area contributed by atoms with Crippen molar-refractivity contribution < 1.29 is 23.6 Å². The molecule has 0 aliphatic carbocycles. The lowest BCUT2D eigenvalue weighted by Crippen LogP contribution is -2.45. The summed E-state index contributed by atoms with van der Waals surface area (Å²) in [7, 11) is 0. The summed E-state index contributed by atoms with van der Waals surface area (Å²) < 4.78 is 13.6. The number of hydrogen-bond acceptors (Lipinski definition) is 6. The topological polar surface area (TPSA) is 120 Å². The number of hydrogen-bond donors (Lipinski definition) is 4. The molecule has 0 spiro atoms. The van der Waals surface area contributed by atoms with Crippen molar-refractivity contribution in [2.75, 3.05) is 6.54 Å². The molecule has 0 bridgehead atoms. The smallest absolute Gasteiger partial charge is 0.268 e. The lowest BCUT2D eigenvalue weighted by molar-refractivity contribution is 0.0937. The average molecular weight is 501 g/mol. The quantitative estimate of drug-likeness (QED) is 0.318. The van der Waals surface area contributed by atoms with E-state index in [1.165, 1.54) is 18.2 Å². The predicted molar refractivity (Wildman–Crippen MR) is 136 cm³/mol. The first-order chi connectivity index (χ1) is 18.0. The molecule has 37 heavy (non-hydrogen) atoms. The molecule has 9 heteroatoms. The molecule has 2 heterocycles. The van der Waals surface area contributed by atoms with Crippen LogP contribution in [0, 0.1) is 11.7 Å². The molecule has 0 unspecified atom stereocenters. The number of amides is 1. The third kappa shape index (κ3) is 6.31. The maximum Gasteiger partial charge on any atom is 0.268 e. The lowest BCUT2D eigenvalue weighted by Gasteiger charge is -2.25. The van der Waals surface area contributed by atoms with Gasteiger partial charge in [0.2, 0.25) is 0 Å².